The number of carbonyl (C=O) groups is 1. The molecule has 1 aliphatic carbocycles. The number of aliphatic hydroxyl groups is 1. The van der Waals surface area contributed by atoms with E-state index in [1.54, 1.807) is 0 Å². The monoisotopic (exact) mass is 269 g/mol. The minimum Gasteiger partial charge on any atom is -0.481 e. The van der Waals surface area contributed by atoms with Gasteiger partial charge in [0.1, 0.15) is 0 Å². The molecule has 110 valence electrons. The lowest BCUT2D eigenvalue weighted by Crippen LogP contribution is -2.46. The van der Waals surface area contributed by atoms with Crippen LogP contribution in [-0.2, 0) is 4.79 Å². The number of nitrogens with zero attached hydrogens (tertiary/aromatic N) is 1. The van der Waals surface area contributed by atoms with E-state index in [4.69, 9.17) is 0 Å². The average Bonchev–Trinajstić information content (AvgIpc) is 2.74. The summed E-state index contributed by atoms with van der Waals surface area (Å²) in [6.45, 7) is 6.02. The number of hydrogen-bond donors (Lipinski definition) is 2. The van der Waals surface area contributed by atoms with Crippen LogP contribution in [-0.4, -0.2) is 46.3 Å². The molecule has 0 aromatic carbocycles. The van der Waals surface area contributed by atoms with E-state index >= 15 is 0 Å². The van der Waals surface area contributed by atoms with E-state index in [2.05, 4.69) is 4.90 Å². The lowest BCUT2D eigenvalue weighted by molar-refractivity contribution is -0.151. The predicted molar refractivity (Wildman–Crippen MR) is 74.0 cm³/mol. The summed E-state index contributed by atoms with van der Waals surface area (Å²) in [5.74, 6) is -0.545. The van der Waals surface area contributed by atoms with Gasteiger partial charge in [0.25, 0.3) is 0 Å². The highest BCUT2D eigenvalue weighted by atomic mass is 16.4. The topological polar surface area (TPSA) is 60.8 Å². The van der Waals surface area contributed by atoms with Crippen molar-refractivity contribution in [1.29, 1.82) is 0 Å². The summed E-state index contributed by atoms with van der Waals surface area (Å²) in [4.78, 5) is 13.8. The molecule has 19 heavy (non-hydrogen) atoms. The third-order valence-electron chi connectivity index (χ3n) is 5.21. The number of carboxylic acids is 1. The van der Waals surface area contributed by atoms with Crippen molar-refractivity contribution in [3.8, 4) is 0 Å². The molecule has 2 N–H and O–H groups in total. The van der Waals surface area contributed by atoms with Crippen molar-refractivity contribution in [2.24, 2.45) is 11.3 Å². The molecule has 0 amide bonds. The first kappa shape index (κ1) is 14.8. The number of rotatable bonds is 4. The maximum Gasteiger partial charge on any atom is 0.311 e. The van der Waals surface area contributed by atoms with Crippen molar-refractivity contribution in [3.05, 3.63) is 0 Å². The summed E-state index contributed by atoms with van der Waals surface area (Å²) in [5.41, 5.74) is -1.20. The summed E-state index contributed by atoms with van der Waals surface area (Å²) in [5, 5.41) is 20.1. The van der Waals surface area contributed by atoms with E-state index in [1.165, 1.54) is 6.42 Å². The summed E-state index contributed by atoms with van der Waals surface area (Å²) in [6.07, 6.45) is 5.84. The predicted octanol–water partition coefficient (Wildman–Crippen LogP) is 2.11. The number of hydrogen-bond acceptors (Lipinski definition) is 3. The Morgan fingerprint density at radius 3 is 2.32 bits per heavy atom. The van der Waals surface area contributed by atoms with Crippen LogP contribution in [0.5, 0.6) is 0 Å². The van der Waals surface area contributed by atoms with Crippen LogP contribution in [0, 0.1) is 11.3 Å². The fourth-order valence-corrected chi connectivity index (χ4v) is 3.73. The Balaban J connectivity index is 1.99. The Labute approximate surface area is 115 Å². The van der Waals surface area contributed by atoms with Gasteiger partial charge in [-0.3, -0.25) is 9.69 Å². The van der Waals surface area contributed by atoms with Gasteiger partial charge in [0, 0.05) is 13.1 Å². The van der Waals surface area contributed by atoms with Crippen LogP contribution < -0.4 is 0 Å². The van der Waals surface area contributed by atoms with Gasteiger partial charge in [0.15, 0.2) is 0 Å². The van der Waals surface area contributed by atoms with E-state index in [9.17, 15) is 15.0 Å². The molecular weight excluding hydrogens is 242 g/mol. The summed E-state index contributed by atoms with van der Waals surface area (Å²) >= 11 is 0. The lowest BCUT2D eigenvalue weighted by atomic mass is 9.76. The van der Waals surface area contributed by atoms with E-state index in [0.29, 0.717) is 19.5 Å². The molecule has 1 aliphatic heterocycles. The van der Waals surface area contributed by atoms with Crippen LogP contribution in [0.2, 0.25) is 0 Å². The molecule has 0 aromatic heterocycles. The van der Waals surface area contributed by atoms with Gasteiger partial charge in [-0.1, -0.05) is 33.1 Å². The smallest absolute Gasteiger partial charge is 0.311 e. The first-order valence-corrected chi connectivity index (χ1v) is 7.56. The van der Waals surface area contributed by atoms with Gasteiger partial charge in [0.2, 0.25) is 0 Å². The van der Waals surface area contributed by atoms with Crippen LogP contribution in [0.25, 0.3) is 0 Å². The molecule has 4 nitrogen and oxygen atoms in total. The Morgan fingerprint density at radius 2 is 1.84 bits per heavy atom. The highest BCUT2D eigenvalue weighted by Crippen LogP contribution is 2.39. The fraction of sp³-hybridized carbons (Fsp3) is 0.933. The summed E-state index contributed by atoms with van der Waals surface area (Å²) < 4.78 is 0. The van der Waals surface area contributed by atoms with E-state index in [0.717, 1.165) is 32.2 Å². The van der Waals surface area contributed by atoms with Gasteiger partial charge in [0.05, 0.1) is 11.0 Å². The van der Waals surface area contributed by atoms with Gasteiger partial charge >= 0.3 is 5.97 Å². The maximum atomic E-state index is 11.6. The van der Waals surface area contributed by atoms with E-state index in [-0.39, 0.29) is 5.92 Å². The molecule has 0 spiro atoms. The van der Waals surface area contributed by atoms with Crippen molar-refractivity contribution in [3.63, 3.8) is 0 Å². The van der Waals surface area contributed by atoms with E-state index in [1.807, 2.05) is 13.8 Å². The molecular formula is C15H27NO3. The van der Waals surface area contributed by atoms with Crippen LogP contribution in [0.4, 0.5) is 0 Å². The van der Waals surface area contributed by atoms with Crippen molar-refractivity contribution in [2.45, 2.75) is 58.0 Å². The third kappa shape index (κ3) is 2.95. The molecule has 1 unspecified atom stereocenters. The van der Waals surface area contributed by atoms with Gasteiger partial charge < -0.3 is 10.2 Å². The highest BCUT2D eigenvalue weighted by molar-refractivity contribution is 5.75. The number of β-amino-alcohol motifs (C(OH)–C–C–N with tert-alkyl or cyclic N) is 1. The van der Waals surface area contributed by atoms with Gasteiger partial charge in [-0.2, -0.15) is 0 Å². The van der Waals surface area contributed by atoms with Crippen molar-refractivity contribution in [1.82, 2.24) is 4.90 Å². The SMILES string of the molecule is CC(C)C1(C(=O)O)CCN(CC2(O)CCCCC2)C1. The standard InChI is InChI=1S/C15H27NO3/c1-12(2)15(13(17)18)8-9-16(11-15)10-14(19)6-4-3-5-7-14/h12,19H,3-11H2,1-2H3,(H,17,18). The lowest BCUT2D eigenvalue weighted by Gasteiger charge is -2.36. The second kappa shape index (κ2) is 5.41. The quantitative estimate of drug-likeness (QED) is 0.820. The largest absolute Gasteiger partial charge is 0.481 e. The number of likely N-dealkylation sites (tertiary alicyclic amines) is 1. The molecule has 2 rings (SSSR count). The zero-order valence-electron chi connectivity index (χ0n) is 12.2. The normalized spacial score (nSPS) is 31.8. The van der Waals surface area contributed by atoms with Gasteiger partial charge in [-0.25, -0.2) is 0 Å². The first-order valence-electron chi connectivity index (χ1n) is 7.56. The molecule has 0 radical (unpaired) electrons. The molecule has 2 aliphatic rings. The first-order chi connectivity index (χ1) is 8.88. The second-order valence-electron chi connectivity index (χ2n) is 6.86. The second-order valence-corrected chi connectivity index (χ2v) is 6.86. The average molecular weight is 269 g/mol. The maximum absolute atomic E-state index is 11.6. The van der Waals surface area contributed by atoms with Crippen molar-refractivity contribution < 1.29 is 15.0 Å². The minimum absolute atomic E-state index is 0.135. The zero-order chi connectivity index (χ0) is 14.1. The summed E-state index contributed by atoms with van der Waals surface area (Å²) in [7, 11) is 0. The molecule has 0 aromatic rings. The van der Waals surface area contributed by atoms with Gasteiger partial charge in [-0.05, 0) is 31.7 Å². The Morgan fingerprint density at radius 1 is 1.21 bits per heavy atom. The Hall–Kier alpha value is -0.610. The van der Waals surface area contributed by atoms with Crippen molar-refractivity contribution in [2.75, 3.05) is 19.6 Å². The van der Waals surface area contributed by atoms with E-state index < -0.39 is 17.0 Å². The molecule has 2 fully saturated rings. The molecule has 1 saturated heterocycles. The Bertz CT molecular complexity index is 336. The van der Waals surface area contributed by atoms with Crippen LogP contribution >= 0.6 is 0 Å². The molecule has 0 bridgehead atoms. The molecule has 1 heterocycles. The van der Waals surface area contributed by atoms with Crippen LogP contribution in [0.3, 0.4) is 0 Å². The number of aliphatic carboxylic acids is 1. The highest BCUT2D eigenvalue weighted by Gasteiger charge is 2.48. The zero-order valence-corrected chi connectivity index (χ0v) is 12.2. The Kier molecular flexibility index (Phi) is 4.21. The fourth-order valence-electron chi connectivity index (χ4n) is 3.73. The summed E-state index contributed by atoms with van der Waals surface area (Å²) in [6, 6.07) is 0. The third-order valence-corrected chi connectivity index (χ3v) is 5.21. The van der Waals surface area contributed by atoms with Crippen LogP contribution in [0.1, 0.15) is 52.4 Å². The molecule has 1 atom stereocenters. The van der Waals surface area contributed by atoms with Gasteiger partial charge in [-0.15, -0.1) is 0 Å². The number of carboxylic acid groups (broad SMARTS) is 1. The molecule has 1 saturated carbocycles. The minimum atomic E-state index is -0.680. The van der Waals surface area contributed by atoms with Crippen LogP contribution in [0.15, 0.2) is 0 Å². The van der Waals surface area contributed by atoms with Crippen molar-refractivity contribution >= 4 is 5.97 Å². The molecule has 4 heteroatoms.